The van der Waals surface area contributed by atoms with Crippen LogP contribution in [0.3, 0.4) is 0 Å². The fourth-order valence-corrected chi connectivity index (χ4v) is 4.40. The smallest absolute Gasteiger partial charge is 0.294 e. The van der Waals surface area contributed by atoms with Gasteiger partial charge >= 0.3 is 0 Å². The van der Waals surface area contributed by atoms with Gasteiger partial charge in [-0.15, -0.1) is 0 Å². The van der Waals surface area contributed by atoms with Crippen LogP contribution in [0.25, 0.3) is 0 Å². The van der Waals surface area contributed by atoms with Gasteiger partial charge in [-0.25, -0.2) is 4.98 Å². The Morgan fingerprint density at radius 1 is 1.00 bits per heavy atom. The van der Waals surface area contributed by atoms with Crippen molar-refractivity contribution in [2.45, 2.75) is 42.4 Å². The monoisotopic (exact) mass is 472 g/mol. The zero-order valence-corrected chi connectivity index (χ0v) is 18.6. The molecule has 0 atom stereocenters. The molecule has 0 saturated carbocycles. The van der Waals surface area contributed by atoms with Crippen molar-refractivity contribution >= 4 is 26.2 Å². The molecule has 2 N–H and O–H groups in total. The number of rotatable bonds is 8. The Kier molecular flexibility index (Phi) is 7.21. The van der Waals surface area contributed by atoms with E-state index >= 15 is 0 Å². The van der Waals surface area contributed by atoms with E-state index < -0.39 is 30.0 Å². The first-order valence-corrected chi connectivity index (χ1v) is 12.6. The van der Waals surface area contributed by atoms with Crippen LogP contribution in [0.5, 0.6) is 0 Å². The summed E-state index contributed by atoms with van der Waals surface area (Å²) in [6.07, 6.45) is 2.19. The molecule has 0 unspecified atom stereocenters. The van der Waals surface area contributed by atoms with E-state index in [0.717, 1.165) is 31.0 Å². The molecule has 0 radical (unpaired) electrons. The molecular weight excluding hydrogens is 448 g/mol. The van der Waals surface area contributed by atoms with Crippen molar-refractivity contribution in [3.63, 3.8) is 0 Å². The van der Waals surface area contributed by atoms with Gasteiger partial charge < -0.3 is 9.64 Å². The van der Waals surface area contributed by atoms with Crippen molar-refractivity contribution in [2.24, 2.45) is 0 Å². The molecule has 0 bridgehead atoms. The van der Waals surface area contributed by atoms with E-state index in [4.69, 9.17) is 4.74 Å². The van der Waals surface area contributed by atoms with Crippen LogP contribution >= 0.6 is 0 Å². The van der Waals surface area contributed by atoms with Crippen LogP contribution in [0.1, 0.15) is 37.0 Å². The molecule has 1 aromatic carbocycles. The molecule has 1 fully saturated rings. The number of benzene rings is 1. The Morgan fingerprint density at radius 3 is 2.29 bits per heavy atom. The number of hydrogen-bond donors (Lipinski definition) is 2. The summed E-state index contributed by atoms with van der Waals surface area (Å²) in [5.74, 6) is 1.19. The number of unbranched alkanes of at least 4 members (excludes halogenated alkanes) is 1. The Bertz CT molecular complexity index is 1150. The predicted molar refractivity (Wildman–Crippen MR) is 110 cm³/mol. The standard InChI is InChI=1S/C18H24N4O7S2/c1-2-3-4-16-19-17(21-18(20-16)22-7-9-29-10-8-22)12-13-11-14(30(23,24)25)5-6-15(13)31(26,27)28/h5-6,11H,2-4,7-10,12H2,1H3,(H,23,24,25)(H,26,27,28). The number of ether oxygens (including phenoxy) is 1. The van der Waals surface area contributed by atoms with Crippen LogP contribution in [0.2, 0.25) is 0 Å². The second-order valence-corrected chi connectivity index (χ2v) is 9.88. The van der Waals surface area contributed by atoms with Gasteiger partial charge in [0, 0.05) is 25.9 Å². The van der Waals surface area contributed by atoms with Gasteiger partial charge in [0.05, 0.1) is 23.0 Å². The number of aryl methyl sites for hydroxylation is 1. The van der Waals surface area contributed by atoms with Crippen molar-refractivity contribution in [1.82, 2.24) is 15.0 Å². The van der Waals surface area contributed by atoms with E-state index in [-0.39, 0.29) is 17.8 Å². The second-order valence-electron chi connectivity index (χ2n) is 7.07. The van der Waals surface area contributed by atoms with Crippen LogP contribution < -0.4 is 4.90 Å². The average Bonchev–Trinajstić information content (AvgIpc) is 2.71. The topological polar surface area (TPSA) is 160 Å². The Hall–Kier alpha value is -2.19. The van der Waals surface area contributed by atoms with Crippen molar-refractivity contribution in [2.75, 3.05) is 31.2 Å². The first-order valence-electron chi connectivity index (χ1n) is 9.72. The van der Waals surface area contributed by atoms with Gasteiger partial charge in [0.25, 0.3) is 20.2 Å². The van der Waals surface area contributed by atoms with Gasteiger partial charge in [0.15, 0.2) is 0 Å². The second kappa shape index (κ2) is 9.53. The summed E-state index contributed by atoms with van der Waals surface area (Å²) in [5, 5.41) is 0. The van der Waals surface area contributed by atoms with Gasteiger partial charge in [-0.05, 0) is 30.2 Å². The van der Waals surface area contributed by atoms with E-state index in [9.17, 15) is 25.9 Å². The molecule has 31 heavy (non-hydrogen) atoms. The van der Waals surface area contributed by atoms with E-state index in [0.29, 0.717) is 44.5 Å². The molecule has 1 aliphatic heterocycles. The number of anilines is 1. The van der Waals surface area contributed by atoms with E-state index in [1.807, 2.05) is 11.8 Å². The summed E-state index contributed by atoms with van der Waals surface area (Å²) in [6, 6.07) is 2.82. The van der Waals surface area contributed by atoms with Gasteiger partial charge in [-0.1, -0.05) is 13.3 Å². The molecule has 0 spiro atoms. The van der Waals surface area contributed by atoms with E-state index in [1.165, 1.54) is 0 Å². The number of aromatic nitrogens is 3. The SMILES string of the molecule is CCCCc1nc(Cc2cc(S(=O)(=O)O)ccc2S(=O)(=O)O)nc(N2CCOCC2)n1. The highest BCUT2D eigenvalue weighted by Crippen LogP contribution is 2.23. The summed E-state index contributed by atoms with van der Waals surface area (Å²) in [5.41, 5.74) is -0.0572. The van der Waals surface area contributed by atoms with Crippen LogP contribution in [-0.4, -0.2) is 67.2 Å². The molecule has 1 aromatic heterocycles. The van der Waals surface area contributed by atoms with E-state index in [1.54, 1.807) is 0 Å². The summed E-state index contributed by atoms with van der Waals surface area (Å²) < 4.78 is 70.9. The van der Waals surface area contributed by atoms with Crippen molar-refractivity contribution in [1.29, 1.82) is 0 Å². The first-order chi connectivity index (χ1) is 14.6. The first kappa shape index (κ1) is 23.5. The third kappa shape index (κ3) is 6.17. The quantitative estimate of drug-likeness (QED) is 0.530. The lowest BCUT2D eigenvalue weighted by Gasteiger charge is -2.27. The zero-order chi connectivity index (χ0) is 22.6. The molecule has 2 aromatic rings. The van der Waals surface area contributed by atoms with Gasteiger partial charge in [0.1, 0.15) is 11.6 Å². The van der Waals surface area contributed by atoms with Crippen LogP contribution in [-0.2, 0) is 37.8 Å². The Labute approximate surface area is 181 Å². The maximum Gasteiger partial charge on any atom is 0.294 e. The Morgan fingerprint density at radius 2 is 1.68 bits per heavy atom. The minimum atomic E-state index is -4.65. The largest absolute Gasteiger partial charge is 0.378 e. The van der Waals surface area contributed by atoms with Crippen molar-refractivity contribution < 1.29 is 30.7 Å². The molecule has 2 heterocycles. The fourth-order valence-electron chi connectivity index (χ4n) is 3.16. The molecule has 1 saturated heterocycles. The highest BCUT2D eigenvalue weighted by molar-refractivity contribution is 7.86. The van der Waals surface area contributed by atoms with Gasteiger partial charge in [-0.3, -0.25) is 9.11 Å². The Balaban J connectivity index is 2.05. The van der Waals surface area contributed by atoms with Crippen molar-refractivity contribution in [3.05, 3.63) is 35.4 Å². The average molecular weight is 473 g/mol. The van der Waals surface area contributed by atoms with Crippen LogP contribution in [0, 0.1) is 0 Å². The molecule has 0 amide bonds. The third-order valence-corrected chi connectivity index (χ3v) is 6.52. The van der Waals surface area contributed by atoms with Crippen LogP contribution in [0.15, 0.2) is 28.0 Å². The van der Waals surface area contributed by atoms with Crippen molar-refractivity contribution in [3.8, 4) is 0 Å². The van der Waals surface area contributed by atoms with Gasteiger partial charge in [0.2, 0.25) is 5.95 Å². The normalized spacial score (nSPS) is 15.3. The number of nitrogens with zero attached hydrogens (tertiary/aromatic N) is 4. The minimum Gasteiger partial charge on any atom is -0.378 e. The molecule has 1 aliphatic rings. The number of morpholine rings is 1. The highest BCUT2D eigenvalue weighted by atomic mass is 32.2. The fraction of sp³-hybridized carbons (Fsp3) is 0.500. The third-order valence-electron chi connectivity index (χ3n) is 4.72. The molecule has 11 nitrogen and oxygen atoms in total. The molecule has 170 valence electrons. The highest BCUT2D eigenvalue weighted by Gasteiger charge is 2.22. The summed E-state index contributed by atoms with van der Waals surface area (Å²) >= 11 is 0. The summed E-state index contributed by atoms with van der Waals surface area (Å²) in [4.78, 5) is 14.3. The molecule has 0 aliphatic carbocycles. The molecule has 3 rings (SSSR count). The van der Waals surface area contributed by atoms with Gasteiger partial charge in [-0.2, -0.15) is 26.8 Å². The predicted octanol–water partition coefficient (Wildman–Crippen LogP) is 1.14. The maximum absolute atomic E-state index is 11.8. The summed E-state index contributed by atoms with van der Waals surface area (Å²) in [7, 11) is -9.22. The lowest BCUT2D eigenvalue weighted by molar-refractivity contribution is 0.122. The maximum atomic E-state index is 11.8. The minimum absolute atomic E-state index is 0.0572. The molecular formula is C18H24N4O7S2. The molecule has 13 heteroatoms. The van der Waals surface area contributed by atoms with Crippen LogP contribution in [0.4, 0.5) is 5.95 Å². The summed E-state index contributed by atoms with van der Waals surface area (Å²) in [6.45, 7) is 4.25. The lowest BCUT2D eigenvalue weighted by atomic mass is 10.1. The number of hydrogen-bond acceptors (Lipinski definition) is 9. The van der Waals surface area contributed by atoms with E-state index in [2.05, 4.69) is 15.0 Å². The lowest BCUT2D eigenvalue weighted by Crippen LogP contribution is -2.37. The zero-order valence-electron chi connectivity index (χ0n) is 16.9.